The molecule has 1 atom stereocenters. The lowest BCUT2D eigenvalue weighted by molar-refractivity contribution is -0.151. The first kappa shape index (κ1) is 21.9. The Kier molecular flexibility index (Phi) is 12.3. The molecule has 0 aliphatic carbocycles. The predicted octanol–water partition coefficient (Wildman–Crippen LogP) is 0.883. The van der Waals surface area contributed by atoms with Crippen LogP contribution in [0.15, 0.2) is 12.2 Å². The van der Waals surface area contributed by atoms with Crippen molar-refractivity contribution in [2.45, 2.75) is 19.8 Å². The van der Waals surface area contributed by atoms with E-state index in [1.807, 2.05) is 0 Å². The first-order valence-electron chi connectivity index (χ1n) is 6.20. The van der Waals surface area contributed by atoms with Crippen LogP contribution in [0.5, 0.6) is 0 Å². The van der Waals surface area contributed by atoms with Crippen molar-refractivity contribution in [2.24, 2.45) is 5.92 Å². The summed E-state index contributed by atoms with van der Waals surface area (Å²) in [6.45, 7) is 4.95. The van der Waals surface area contributed by atoms with Crippen molar-refractivity contribution < 1.29 is 39.6 Å². The molecule has 0 rings (SSSR count). The monoisotopic (exact) mass is 320 g/mol. The maximum Gasteiger partial charge on any atom is 0.333 e. The van der Waals surface area contributed by atoms with Crippen LogP contribution in [0, 0.1) is 5.92 Å². The fourth-order valence-electron chi connectivity index (χ4n) is 1.08. The van der Waals surface area contributed by atoms with Crippen molar-refractivity contribution in [1.82, 2.24) is 0 Å². The van der Waals surface area contributed by atoms with Gasteiger partial charge in [-0.15, -0.1) is 0 Å². The molecule has 0 saturated carbocycles. The van der Waals surface area contributed by atoms with Gasteiger partial charge in [0.15, 0.2) is 0 Å². The van der Waals surface area contributed by atoms with Crippen LogP contribution < -0.4 is 0 Å². The average Bonchev–Trinajstić information content (AvgIpc) is 2.52. The zero-order chi connectivity index (χ0) is 17.7. The molecular formula is C14H24O8. The number of ether oxygens (including phenoxy) is 4. The van der Waals surface area contributed by atoms with Gasteiger partial charge in [-0.1, -0.05) is 13.5 Å². The SMILES string of the molecule is C=C(CC(=O)OC)C(=O)OC.COC(=O)CC(C)C(=O)OC.[HH]. The quantitative estimate of drug-likeness (QED) is 0.403. The molecule has 1 unspecified atom stereocenters. The molecule has 0 aromatic carbocycles. The van der Waals surface area contributed by atoms with Crippen LogP contribution in [0.25, 0.3) is 0 Å². The second-order valence-corrected chi connectivity index (χ2v) is 4.05. The molecule has 0 saturated heterocycles. The third-order valence-electron chi connectivity index (χ3n) is 2.36. The Bertz CT molecular complexity index is 419. The number of carbonyl (C=O) groups is 4. The summed E-state index contributed by atoms with van der Waals surface area (Å²) in [4.78, 5) is 42.5. The molecule has 0 amide bonds. The van der Waals surface area contributed by atoms with Crippen LogP contribution in [0.1, 0.15) is 21.2 Å². The van der Waals surface area contributed by atoms with Crippen LogP contribution in [0.3, 0.4) is 0 Å². The van der Waals surface area contributed by atoms with Crippen molar-refractivity contribution in [2.75, 3.05) is 28.4 Å². The first-order chi connectivity index (χ1) is 10.2. The maximum absolute atomic E-state index is 10.7. The van der Waals surface area contributed by atoms with Gasteiger partial charge in [-0.05, 0) is 0 Å². The van der Waals surface area contributed by atoms with Crippen LogP contribution in [-0.2, 0) is 38.1 Å². The standard InChI is InChI=1S/C7H12O4.C7H10O4.H2/c2*1-5(7(9)11-3)4-6(8)10-2;/h5H,4H2,1-3H3;1,4H2,2-3H3;1H. The van der Waals surface area contributed by atoms with Gasteiger partial charge >= 0.3 is 23.9 Å². The summed E-state index contributed by atoms with van der Waals surface area (Å²) in [5.41, 5.74) is 0.0966. The second kappa shape index (κ2) is 12.4. The zero-order valence-electron chi connectivity index (χ0n) is 13.5. The molecule has 0 spiro atoms. The molecule has 8 nitrogen and oxygen atoms in total. The molecule has 0 aromatic heterocycles. The highest BCUT2D eigenvalue weighted by Gasteiger charge is 2.17. The van der Waals surface area contributed by atoms with Gasteiger partial charge in [-0.3, -0.25) is 14.4 Å². The van der Waals surface area contributed by atoms with Crippen LogP contribution in [0.2, 0.25) is 0 Å². The van der Waals surface area contributed by atoms with Crippen molar-refractivity contribution in [1.29, 1.82) is 0 Å². The van der Waals surface area contributed by atoms with E-state index in [-0.39, 0.29) is 19.8 Å². The number of esters is 4. The Labute approximate surface area is 130 Å². The number of rotatable bonds is 6. The number of carbonyl (C=O) groups excluding carboxylic acids is 4. The van der Waals surface area contributed by atoms with Gasteiger partial charge in [-0.25, -0.2) is 4.79 Å². The van der Waals surface area contributed by atoms with Gasteiger partial charge in [-0.2, -0.15) is 0 Å². The topological polar surface area (TPSA) is 105 Å². The van der Waals surface area contributed by atoms with E-state index < -0.39 is 29.8 Å². The molecule has 0 bridgehead atoms. The Balaban J connectivity index is -0.000000333. The Morgan fingerprint density at radius 3 is 1.77 bits per heavy atom. The largest absolute Gasteiger partial charge is 0.469 e. The number of methoxy groups -OCH3 is 4. The third kappa shape index (κ3) is 10.4. The molecule has 0 heterocycles. The minimum atomic E-state index is -0.588. The summed E-state index contributed by atoms with van der Waals surface area (Å²) in [5, 5.41) is 0. The molecule has 8 heteroatoms. The highest BCUT2D eigenvalue weighted by molar-refractivity contribution is 5.93. The van der Waals surface area contributed by atoms with E-state index in [2.05, 4.69) is 25.5 Å². The van der Waals surface area contributed by atoms with Gasteiger partial charge in [0.2, 0.25) is 0 Å². The van der Waals surface area contributed by atoms with E-state index >= 15 is 0 Å². The number of hydrogen-bond acceptors (Lipinski definition) is 8. The van der Waals surface area contributed by atoms with Crippen molar-refractivity contribution >= 4 is 23.9 Å². The summed E-state index contributed by atoms with van der Waals surface area (Å²) in [6, 6.07) is 0. The van der Waals surface area contributed by atoms with Crippen LogP contribution in [0.4, 0.5) is 0 Å². The van der Waals surface area contributed by atoms with Crippen molar-refractivity contribution in [3.05, 3.63) is 12.2 Å². The van der Waals surface area contributed by atoms with Gasteiger partial charge in [0.25, 0.3) is 0 Å². The summed E-state index contributed by atoms with van der Waals surface area (Å²) >= 11 is 0. The van der Waals surface area contributed by atoms with Gasteiger partial charge in [0.05, 0.1) is 47.2 Å². The van der Waals surface area contributed by atoms with E-state index in [0.717, 1.165) is 0 Å². The van der Waals surface area contributed by atoms with E-state index in [1.54, 1.807) is 6.92 Å². The minimum Gasteiger partial charge on any atom is -0.469 e. The number of hydrogen-bond donors (Lipinski definition) is 0. The van der Waals surface area contributed by atoms with Crippen LogP contribution >= 0.6 is 0 Å². The van der Waals surface area contributed by atoms with Gasteiger partial charge in [0.1, 0.15) is 0 Å². The predicted molar refractivity (Wildman–Crippen MR) is 77.7 cm³/mol. The highest BCUT2D eigenvalue weighted by atomic mass is 16.5. The van der Waals surface area contributed by atoms with E-state index in [1.165, 1.54) is 28.4 Å². The summed E-state index contributed by atoms with van der Waals surface area (Å²) < 4.78 is 17.4. The Morgan fingerprint density at radius 2 is 1.41 bits per heavy atom. The summed E-state index contributed by atoms with van der Waals surface area (Å²) in [5.74, 6) is -2.30. The van der Waals surface area contributed by atoms with E-state index in [9.17, 15) is 19.2 Å². The van der Waals surface area contributed by atoms with Crippen molar-refractivity contribution in [3.8, 4) is 0 Å². The zero-order valence-corrected chi connectivity index (χ0v) is 13.5. The first-order valence-corrected chi connectivity index (χ1v) is 6.20. The molecule has 0 aliphatic heterocycles. The Hall–Kier alpha value is -2.38. The van der Waals surface area contributed by atoms with Gasteiger partial charge in [0, 0.05) is 7.00 Å². The fourth-order valence-corrected chi connectivity index (χ4v) is 1.08. The molecule has 0 aliphatic rings. The molecule has 22 heavy (non-hydrogen) atoms. The molecule has 0 fully saturated rings. The molecule has 0 radical (unpaired) electrons. The minimum absolute atomic E-state index is 0. The lowest BCUT2D eigenvalue weighted by Gasteiger charge is -2.05. The maximum atomic E-state index is 10.7. The smallest absolute Gasteiger partial charge is 0.333 e. The molecule has 128 valence electrons. The Morgan fingerprint density at radius 1 is 0.909 bits per heavy atom. The van der Waals surface area contributed by atoms with Crippen LogP contribution in [-0.4, -0.2) is 52.3 Å². The van der Waals surface area contributed by atoms with Crippen molar-refractivity contribution in [3.63, 3.8) is 0 Å². The van der Waals surface area contributed by atoms with E-state index in [4.69, 9.17) is 0 Å². The summed E-state index contributed by atoms with van der Waals surface area (Å²) in [7, 11) is 5.04. The average molecular weight is 320 g/mol. The summed E-state index contributed by atoms with van der Waals surface area (Å²) in [6.07, 6.45) is -0.0493. The normalized spacial score (nSPS) is 10.2. The lowest BCUT2D eigenvalue weighted by atomic mass is 10.1. The van der Waals surface area contributed by atoms with Gasteiger partial charge < -0.3 is 18.9 Å². The second-order valence-electron chi connectivity index (χ2n) is 4.05. The molecule has 0 aromatic rings. The lowest BCUT2D eigenvalue weighted by Crippen LogP contribution is -2.17. The molecule has 0 N–H and O–H groups in total. The highest BCUT2D eigenvalue weighted by Crippen LogP contribution is 2.04. The van der Waals surface area contributed by atoms with E-state index in [0.29, 0.717) is 0 Å². The fraction of sp³-hybridized carbons (Fsp3) is 0.571. The third-order valence-corrected chi connectivity index (χ3v) is 2.36. The molecular weight excluding hydrogens is 296 g/mol.